The van der Waals surface area contributed by atoms with E-state index >= 15 is 0 Å². The molecular weight excluding hydrogens is 340 g/mol. The van der Waals surface area contributed by atoms with Gasteiger partial charge in [-0.2, -0.15) is 0 Å². The van der Waals surface area contributed by atoms with Crippen LogP contribution < -0.4 is 0 Å². The van der Waals surface area contributed by atoms with Crippen molar-refractivity contribution in [3.8, 4) is 0 Å². The number of carbonyl (C=O) groups excluding carboxylic acids is 1. The second-order valence-corrected chi connectivity index (χ2v) is 9.37. The second kappa shape index (κ2) is 13.2. The first kappa shape index (κ1) is 25.9. The molecule has 0 aromatic heterocycles. The van der Waals surface area contributed by atoms with Crippen LogP contribution in [0.1, 0.15) is 106 Å². The maximum atomic E-state index is 13.0. The first-order valence-corrected chi connectivity index (χ1v) is 11.0. The van der Waals surface area contributed by atoms with Crippen molar-refractivity contribution < 1.29 is 19.4 Å². The van der Waals surface area contributed by atoms with Gasteiger partial charge in [0, 0.05) is 0 Å². The normalized spacial score (nSPS) is 13.4. The summed E-state index contributed by atoms with van der Waals surface area (Å²) in [4.78, 5) is 25.2. The minimum Gasteiger partial charge on any atom is -0.480 e. The number of hydrogen-bond donors (Lipinski definition) is 1. The van der Waals surface area contributed by atoms with Crippen LogP contribution in [0.2, 0.25) is 0 Å². The van der Waals surface area contributed by atoms with E-state index in [0.717, 1.165) is 25.7 Å². The van der Waals surface area contributed by atoms with Crippen molar-refractivity contribution in [2.45, 2.75) is 112 Å². The van der Waals surface area contributed by atoms with E-state index in [2.05, 4.69) is 41.5 Å². The molecule has 1 N–H and O–H groups in total. The molecule has 0 rings (SSSR count). The largest absolute Gasteiger partial charge is 0.480 e. The van der Waals surface area contributed by atoms with Crippen LogP contribution in [0.5, 0.6) is 0 Å². The minimum absolute atomic E-state index is 0.179. The van der Waals surface area contributed by atoms with Crippen molar-refractivity contribution in [3.05, 3.63) is 0 Å². The number of rotatable bonds is 15. The Kier molecular flexibility index (Phi) is 12.7. The van der Waals surface area contributed by atoms with Crippen molar-refractivity contribution in [1.82, 2.24) is 0 Å². The molecule has 4 nitrogen and oxygen atoms in total. The third-order valence-electron chi connectivity index (χ3n) is 5.38. The lowest BCUT2D eigenvalue weighted by atomic mass is 9.76. The first-order chi connectivity index (χ1) is 12.5. The van der Waals surface area contributed by atoms with Crippen molar-refractivity contribution in [1.29, 1.82) is 0 Å². The molecule has 0 heterocycles. The third kappa shape index (κ3) is 10.2. The van der Waals surface area contributed by atoms with Gasteiger partial charge in [0.15, 0.2) is 5.41 Å². The molecule has 0 aliphatic rings. The fourth-order valence-corrected chi connectivity index (χ4v) is 3.24. The first-order valence-electron chi connectivity index (χ1n) is 11.0. The van der Waals surface area contributed by atoms with E-state index < -0.39 is 17.4 Å². The van der Waals surface area contributed by atoms with Crippen LogP contribution in [0.3, 0.4) is 0 Å². The number of carbonyl (C=O) groups is 2. The highest BCUT2D eigenvalue weighted by Crippen LogP contribution is 2.36. The van der Waals surface area contributed by atoms with E-state index in [-0.39, 0.29) is 6.10 Å². The number of unbranched alkanes of at least 4 members (excludes halogenated alkanes) is 1. The maximum absolute atomic E-state index is 13.0. The summed E-state index contributed by atoms with van der Waals surface area (Å²) < 4.78 is 5.78. The molecule has 0 aromatic rings. The summed E-state index contributed by atoms with van der Waals surface area (Å²) in [5.74, 6) is -0.156. The van der Waals surface area contributed by atoms with Crippen LogP contribution >= 0.6 is 0 Å². The predicted octanol–water partition coefficient (Wildman–Crippen LogP) is 6.47. The summed E-state index contributed by atoms with van der Waals surface area (Å²) >= 11 is 0. The van der Waals surface area contributed by atoms with E-state index in [4.69, 9.17) is 4.74 Å². The van der Waals surface area contributed by atoms with Crippen LogP contribution in [0.4, 0.5) is 0 Å². The van der Waals surface area contributed by atoms with E-state index in [1.165, 1.54) is 6.42 Å². The molecule has 0 saturated carbocycles. The second-order valence-electron chi connectivity index (χ2n) is 9.37. The number of aliphatic carboxylic acids is 1. The Bertz CT molecular complexity index is 414. The lowest BCUT2D eigenvalue weighted by Gasteiger charge is -2.30. The summed E-state index contributed by atoms with van der Waals surface area (Å²) in [5, 5.41) is 9.98. The van der Waals surface area contributed by atoms with Crippen molar-refractivity contribution in [3.63, 3.8) is 0 Å². The molecule has 160 valence electrons. The predicted molar refractivity (Wildman–Crippen MR) is 112 cm³/mol. The molecule has 27 heavy (non-hydrogen) atoms. The van der Waals surface area contributed by atoms with Gasteiger partial charge in [0.2, 0.25) is 0 Å². The fraction of sp³-hybridized carbons (Fsp3) is 0.913. The molecule has 0 amide bonds. The fourth-order valence-electron chi connectivity index (χ4n) is 3.24. The summed E-state index contributed by atoms with van der Waals surface area (Å²) in [7, 11) is 0. The molecule has 0 saturated heterocycles. The Morgan fingerprint density at radius 1 is 0.815 bits per heavy atom. The van der Waals surface area contributed by atoms with E-state index in [0.29, 0.717) is 43.4 Å². The molecule has 0 bridgehead atoms. The maximum Gasteiger partial charge on any atom is 0.323 e. The number of hydrogen-bond acceptors (Lipinski definition) is 3. The van der Waals surface area contributed by atoms with Crippen molar-refractivity contribution >= 4 is 11.9 Å². The molecular formula is C23H44O4. The van der Waals surface area contributed by atoms with Crippen LogP contribution in [0.15, 0.2) is 0 Å². The van der Waals surface area contributed by atoms with E-state index in [1.807, 2.05) is 6.92 Å². The number of carboxylic acid groups (broad SMARTS) is 1. The Morgan fingerprint density at radius 3 is 1.63 bits per heavy atom. The average Bonchev–Trinajstić information content (AvgIpc) is 2.56. The molecule has 0 spiro atoms. The molecule has 0 aromatic carbocycles. The van der Waals surface area contributed by atoms with E-state index in [9.17, 15) is 14.7 Å². The summed E-state index contributed by atoms with van der Waals surface area (Å²) in [6.45, 7) is 14.7. The Labute approximate surface area is 167 Å². The topological polar surface area (TPSA) is 63.6 Å². The van der Waals surface area contributed by atoms with Gasteiger partial charge in [0.25, 0.3) is 0 Å². The van der Waals surface area contributed by atoms with Gasteiger partial charge < -0.3 is 9.84 Å². The third-order valence-corrected chi connectivity index (χ3v) is 5.38. The summed E-state index contributed by atoms with van der Waals surface area (Å²) in [6.07, 6.45) is 6.82. The lowest BCUT2D eigenvalue weighted by molar-refractivity contribution is -0.175. The zero-order valence-electron chi connectivity index (χ0n) is 18.8. The van der Waals surface area contributed by atoms with Gasteiger partial charge in [-0.3, -0.25) is 9.59 Å². The molecule has 0 fully saturated rings. The molecule has 0 aliphatic heterocycles. The SMILES string of the molecule is CCC(CCCCC(C)C)OC(=O)C(CCC(C)C)(CCC(C)C)C(=O)O. The van der Waals surface area contributed by atoms with Crippen LogP contribution in [0.25, 0.3) is 0 Å². The van der Waals surface area contributed by atoms with Gasteiger partial charge in [-0.25, -0.2) is 0 Å². The number of esters is 1. The van der Waals surface area contributed by atoms with Gasteiger partial charge in [-0.1, -0.05) is 61.3 Å². The molecule has 0 radical (unpaired) electrons. The highest BCUT2D eigenvalue weighted by atomic mass is 16.5. The highest BCUT2D eigenvalue weighted by molar-refractivity contribution is 5.99. The average molecular weight is 385 g/mol. The van der Waals surface area contributed by atoms with Gasteiger partial charge in [0.05, 0.1) is 0 Å². The molecule has 0 aliphatic carbocycles. The zero-order chi connectivity index (χ0) is 21.0. The smallest absolute Gasteiger partial charge is 0.323 e. The van der Waals surface area contributed by atoms with Gasteiger partial charge in [0.1, 0.15) is 6.10 Å². The number of carboxylic acids is 1. The Balaban J connectivity index is 5.12. The van der Waals surface area contributed by atoms with Crippen LogP contribution in [-0.4, -0.2) is 23.1 Å². The summed E-state index contributed by atoms with van der Waals surface area (Å²) in [6, 6.07) is 0. The lowest BCUT2D eigenvalue weighted by Crippen LogP contribution is -2.43. The molecule has 4 heteroatoms. The molecule has 1 atom stereocenters. The standard InChI is InChI=1S/C23H44O4/c1-8-20(12-10-9-11-17(2)3)27-22(26)23(21(24)25,15-13-18(4)5)16-14-19(6)7/h17-20H,8-16H2,1-7H3,(H,24,25). The Morgan fingerprint density at radius 2 is 1.26 bits per heavy atom. The van der Waals surface area contributed by atoms with Gasteiger partial charge in [-0.15, -0.1) is 0 Å². The minimum atomic E-state index is -1.40. The number of ether oxygens (including phenoxy) is 1. The van der Waals surface area contributed by atoms with Crippen LogP contribution in [0, 0.1) is 23.2 Å². The molecule has 1 unspecified atom stereocenters. The van der Waals surface area contributed by atoms with Gasteiger partial charge in [-0.05, 0) is 62.7 Å². The van der Waals surface area contributed by atoms with Crippen LogP contribution in [-0.2, 0) is 14.3 Å². The monoisotopic (exact) mass is 384 g/mol. The summed E-state index contributed by atoms with van der Waals surface area (Å²) in [5.41, 5.74) is -1.40. The van der Waals surface area contributed by atoms with Crippen molar-refractivity contribution in [2.24, 2.45) is 23.2 Å². The van der Waals surface area contributed by atoms with Crippen molar-refractivity contribution in [2.75, 3.05) is 0 Å². The van der Waals surface area contributed by atoms with E-state index in [1.54, 1.807) is 0 Å². The highest BCUT2D eigenvalue weighted by Gasteiger charge is 2.47. The Hall–Kier alpha value is -1.06. The quantitative estimate of drug-likeness (QED) is 0.200. The van der Waals surface area contributed by atoms with Gasteiger partial charge >= 0.3 is 11.9 Å². The zero-order valence-corrected chi connectivity index (χ0v) is 18.8.